The first-order valence-electron chi connectivity index (χ1n) is 7.97. The van der Waals surface area contributed by atoms with Gasteiger partial charge in [0.05, 0.1) is 11.5 Å². The Morgan fingerprint density at radius 3 is 2.29 bits per heavy atom. The number of carbonyl (C=O) groups is 1. The standard InChI is InChI=1S/C18H23NO2/c1-21-15-12-7-17(14-5-3-2-4-6-14)8-13(15)10-18(9-12,11-17)16(19)20/h2-6,12-13,15H,7-11H2,1H3,(H2,19,20). The van der Waals surface area contributed by atoms with Gasteiger partial charge in [0.25, 0.3) is 0 Å². The van der Waals surface area contributed by atoms with Crippen LogP contribution < -0.4 is 5.73 Å². The number of rotatable bonds is 3. The van der Waals surface area contributed by atoms with Crippen molar-refractivity contribution in [2.75, 3.05) is 7.11 Å². The number of hydrogen-bond acceptors (Lipinski definition) is 2. The topological polar surface area (TPSA) is 52.3 Å². The zero-order chi connectivity index (χ0) is 14.7. The van der Waals surface area contributed by atoms with E-state index in [1.807, 2.05) is 7.11 Å². The molecule has 5 rings (SSSR count). The Kier molecular flexibility index (Phi) is 2.74. The first-order valence-corrected chi connectivity index (χ1v) is 7.97. The number of methoxy groups -OCH3 is 1. The fourth-order valence-corrected chi connectivity index (χ4v) is 5.91. The highest BCUT2D eigenvalue weighted by atomic mass is 16.5. The molecule has 0 aliphatic heterocycles. The lowest BCUT2D eigenvalue weighted by Crippen LogP contribution is -2.63. The van der Waals surface area contributed by atoms with Crippen LogP contribution in [-0.2, 0) is 14.9 Å². The van der Waals surface area contributed by atoms with Crippen molar-refractivity contribution in [2.45, 2.75) is 43.6 Å². The van der Waals surface area contributed by atoms with Crippen molar-refractivity contribution >= 4 is 5.91 Å². The summed E-state index contributed by atoms with van der Waals surface area (Å²) in [5.74, 6) is 0.861. The van der Waals surface area contributed by atoms with Crippen LogP contribution >= 0.6 is 0 Å². The van der Waals surface area contributed by atoms with Crippen LogP contribution in [-0.4, -0.2) is 19.1 Å². The molecule has 0 saturated heterocycles. The molecule has 21 heavy (non-hydrogen) atoms. The first-order chi connectivity index (χ1) is 10.1. The van der Waals surface area contributed by atoms with E-state index < -0.39 is 0 Å². The van der Waals surface area contributed by atoms with Crippen molar-refractivity contribution in [2.24, 2.45) is 23.0 Å². The summed E-state index contributed by atoms with van der Waals surface area (Å²) in [4.78, 5) is 12.2. The molecular weight excluding hydrogens is 262 g/mol. The van der Waals surface area contributed by atoms with Crippen molar-refractivity contribution in [3.8, 4) is 0 Å². The second-order valence-electron chi connectivity index (χ2n) is 7.50. The fourth-order valence-electron chi connectivity index (χ4n) is 5.91. The zero-order valence-electron chi connectivity index (χ0n) is 12.5. The molecule has 0 radical (unpaired) electrons. The normalized spacial score (nSPS) is 44.0. The summed E-state index contributed by atoms with van der Waals surface area (Å²) in [6.07, 6.45) is 5.37. The molecule has 0 spiro atoms. The van der Waals surface area contributed by atoms with Crippen LogP contribution in [0.25, 0.3) is 0 Å². The van der Waals surface area contributed by atoms with Gasteiger partial charge in [-0.15, -0.1) is 0 Å². The maximum absolute atomic E-state index is 12.2. The lowest BCUT2D eigenvalue weighted by Gasteiger charge is -2.63. The van der Waals surface area contributed by atoms with Crippen LogP contribution in [0.15, 0.2) is 30.3 Å². The lowest BCUT2D eigenvalue weighted by molar-refractivity contribution is -0.172. The smallest absolute Gasteiger partial charge is 0.223 e. The maximum atomic E-state index is 12.2. The molecule has 3 nitrogen and oxygen atoms in total. The quantitative estimate of drug-likeness (QED) is 0.928. The maximum Gasteiger partial charge on any atom is 0.223 e. The first kappa shape index (κ1) is 13.3. The SMILES string of the molecule is COC1C2CC3(C(N)=O)CC1CC(c1ccccc1)(C2)C3. The van der Waals surface area contributed by atoms with Crippen molar-refractivity contribution in [1.29, 1.82) is 0 Å². The Balaban J connectivity index is 1.80. The van der Waals surface area contributed by atoms with E-state index in [0.29, 0.717) is 17.9 Å². The predicted octanol–water partition coefficient (Wildman–Crippen LogP) is 2.63. The molecule has 2 atom stereocenters. The van der Waals surface area contributed by atoms with Gasteiger partial charge >= 0.3 is 0 Å². The average molecular weight is 285 g/mol. The molecular formula is C18H23NO2. The Morgan fingerprint density at radius 2 is 1.76 bits per heavy atom. The van der Waals surface area contributed by atoms with E-state index in [0.717, 1.165) is 32.1 Å². The monoisotopic (exact) mass is 285 g/mol. The summed E-state index contributed by atoms with van der Waals surface area (Å²) >= 11 is 0. The second-order valence-corrected chi connectivity index (χ2v) is 7.50. The molecule has 4 aliphatic rings. The molecule has 3 heteroatoms. The number of primary amides is 1. The Hall–Kier alpha value is -1.35. The van der Waals surface area contributed by atoms with Gasteiger partial charge in [0.15, 0.2) is 0 Å². The minimum absolute atomic E-state index is 0.0910. The summed E-state index contributed by atoms with van der Waals surface area (Å²) in [5.41, 5.74) is 7.07. The van der Waals surface area contributed by atoms with Gasteiger partial charge in [-0.1, -0.05) is 30.3 Å². The number of hydrogen-bond donors (Lipinski definition) is 1. The molecule has 112 valence electrons. The van der Waals surface area contributed by atoms with E-state index in [4.69, 9.17) is 10.5 Å². The van der Waals surface area contributed by atoms with E-state index in [2.05, 4.69) is 30.3 Å². The summed E-state index contributed by atoms with van der Waals surface area (Å²) < 4.78 is 5.78. The molecule has 4 aliphatic carbocycles. The molecule has 2 N–H and O–H groups in total. The van der Waals surface area contributed by atoms with Crippen molar-refractivity contribution in [3.63, 3.8) is 0 Å². The van der Waals surface area contributed by atoms with Gasteiger partial charge in [0.1, 0.15) is 0 Å². The minimum atomic E-state index is -0.295. The van der Waals surface area contributed by atoms with Gasteiger partial charge in [-0.05, 0) is 54.9 Å². The van der Waals surface area contributed by atoms with Gasteiger partial charge in [0, 0.05) is 7.11 Å². The van der Waals surface area contributed by atoms with Gasteiger partial charge in [0.2, 0.25) is 5.91 Å². The number of benzene rings is 1. The summed E-state index contributed by atoms with van der Waals surface area (Å²) in [6, 6.07) is 10.7. The van der Waals surface area contributed by atoms with Gasteiger partial charge in [-0.25, -0.2) is 0 Å². The van der Waals surface area contributed by atoms with E-state index in [-0.39, 0.29) is 16.7 Å². The molecule has 4 bridgehead atoms. The minimum Gasteiger partial charge on any atom is -0.381 e. The number of nitrogens with two attached hydrogens (primary N) is 1. The van der Waals surface area contributed by atoms with Crippen LogP contribution in [0.3, 0.4) is 0 Å². The summed E-state index contributed by atoms with van der Waals surface area (Å²) in [7, 11) is 1.82. The highest BCUT2D eigenvalue weighted by molar-refractivity contribution is 5.81. The van der Waals surface area contributed by atoms with Gasteiger partial charge in [-0.3, -0.25) is 4.79 Å². The Morgan fingerprint density at radius 1 is 1.14 bits per heavy atom. The van der Waals surface area contributed by atoms with Crippen molar-refractivity contribution < 1.29 is 9.53 Å². The van der Waals surface area contributed by atoms with Crippen molar-refractivity contribution in [1.82, 2.24) is 0 Å². The van der Waals surface area contributed by atoms with Gasteiger partial charge < -0.3 is 10.5 Å². The van der Waals surface area contributed by atoms with Crippen LogP contribution in [0.5, 0.6) is 0 Å². The van der Waals surface area contributed by atoms with Crippen LogP contribution in [0.4, 0.5) is 0 Å². The highest BCUT2D eigenvalue weighted by Gasteiger charge is 2.63. The van der Waals surface area contributed by atoms with E-state index in [9.17, 15) is 4.79 Å². The molecule has 1 amide bonds. The lowest BCUT2D eigenvalue weighted by atomic mass is 9.42. The van der Waals surface area contributed by atoms with Crippen LogP contribution in [0.2, 0.25) is 0 Å². The molecule has 4 fully saturated rings. The summed E-state index contributed by atoms with van der Waals surface area (Å²) in [5, 5.41) is 0. The number of carbonyl (C=O) groups excluding carboxylic acids is 1. The summed E-state index contributed by atoms with van der Waals surface area (Å²) in [6.45, 7) is 0. The van der Waals surface area contributed by atoms with E-state index >= 15 is 0 Å². The molecule has 2 unspecified atom stereocenters. The molecule has 0 aromatic heterocycles. The van der Waals surface area contributed by atoms with Crippen molar-refractivity contribution in [3.05, 3.63) is 35.9 Å². The third-order valence-electron chi connectivity index (χ3n) is 6.40. The number of ether oxygens (including phenoxy) is 1. The third-order valence-corrected chi connectivity index (χ3v) is 6.40. The highest BCUT2D eigenvalue weighted by Crippen LogP contribution is 2.66. The average Bonchev–Trinajstić information content (AvgIpc) is 2.47. The molecule has 1 aromatic rings. The molecule has 4 saturated carbocycles. The van der Waals surface area contributed by atoms with Crippen LogP contribution in [0.1, 0.15) is 37.7 Å². The number of amides is 1. The fraction of sp³-hybridized carbons (Fsp3) is 0.611. The predicted molar refractivity (Wildman–Crippen MR) is 80.6 cm³/mol. The molecule has 1 aromatic carbocycles. The second kappa shape index (κ2) is 4.33. The largest absolute Gasteiger partial charge is 0.381 e. The van der Waals surface area contributed by atoms with Crippen LogP contribution in [0, 0.1) is 17.3 Å². The molecule has 0 heterocycles. The van der Waals surface area contributed by atoms with Gasteiger partial charge in [-0.2, -0.15) is 0 Å². The Labute approximate surface area is 125 Å². The Bertz CT molecular complexity index is 552. The zero-order valence-corrected chi connectivity index (χ0v) is 12.5. The van der Waals surface area contributed by atoms with E-state index in [1.165, 1.54) is 5.56 Å². The third kappa shape index (κ3) is 1.73. The van der Waals surface area contributed by atoms with E-state index in [1.54, 1.807) is 0 Å².